The Labute approximate surface area is 193 Å². The molecular weight excluding hydrogens is 444 g/mol. The summed E-state index contributed by atoms with van der Waals surface area (Å²) in [5.41, 5.74) is 1.54. The number of aromatic nitrogens is 1. The molecule has 32 heavy (non-hydrogen) atoms. The maximum atomic E-state index is 13.5. The number of thiazole rings is 1. The van der Waals surface area contributed by atoms with E-state index in [0.717, 1.165) is 16.2 Å². The predicted octanol–water partition coefficient (Wildman–Crippen LogP) is 3.81. The van der Waals surface area contributed by atoms with Gasteiger partial charge in [0.05, 0.1) is 27.9 Å². The molecule has 0 fully saturated rings. The van der Waals surface area contributed by atoms with Gasteiger partial charge in [0.25, 0.3) is 5.56 Å². The zero-order valence-electron chi connectivity index (χ0n) is 18.5. The summed E-state index contributed by atoms with van der Waals surface area (Å²) >= 11 is 2.91. The van der Waals surface area contributed by atoms with Crippen molar-refractivity contribution in [3.05, 3.63) is 84.4 Å². The molecule has 1 aliphatic rings. The molecule has 0 saturated heterocycles. The number of carbonyl (C=O) groups is 1. The predicted molar refractivity (Wildman–Crippen MR) is 127 cm³/mol. The van der Waals surface area contributed by atoms with Crippen LogP contribution in [0.25, 0.3) is 6.08 Å². The van der Waals surface area contributed by atoms with Crippen molar-refractivity contribution < 1.29 is 13.9 Å². The van der Waals surface area contributed by atoms with E-state index >= 15 is 0 Å². The van der Waals surface area contributed by atoms with Crippen molar-refractivity contribution >= 4 is 35.1 Å². The first kappa shape index (κ1) is 22.4. The highest BCUT2D eigenvalue weighted by atomic mass is 32.2. The first-order valence-corrected chi connectivity index (χ1v) is 12.3. The smallest absolute Gasteiger partial charge is 0.338 e. The number of carbonyl (C=O) groups excluding carboxylic acids is 1. The molecule has 0 N–H and O–H groups in total. The van der Waals surface area contributed by atoms with Crippen molar-refractivity contribution in [2.45, 2.75) is 44.7 Å². The minimum absolute atomic E-state index is 0.218. The van der Waals surface area contributed by atoms with Crippen LogP contribution in [-0.4, -0.2) is 22.9 Å². The Morgan fingerprint density at radius 3 is 2.53 bits per heavy atom. The van der Waals surface area contributed by atoms with Crippen molar-refractivity contribution in [1.82, 2.24) is 4.57 Å². The van der Waals surface area contributed by atoms with Crippen molar-refractivity contribution in [2.24, 2.45) is 4.99 Å². The van der Waals surface area contributed by atoms with Crippen LogP contribution >= 0.6 is 23.1 Å². The molecular formula is C24H24N2O4S2. The molecule has 1 aromatic carbocycles. The largest absolute Gasteiger partial charge is 0.462 e. The van der Waals surface area contributed by atoms with Gasteiger partial charge < -0.3 is 9.15 Å². The molecule has 6 nitrogen and oxygen atoms in total. The van der Waals surface area contributed by atoms with Gasteiger partial charge in [-0.3, -0.25) is 9.36 Å². The number of benzene rings is 1. The maximum Gasteiger partial charge on any atom is 0.338 e. The molecule has 0 amide bonds. The molecule has 4 rings (SSSR count). The number of ether oxygens (including phenoxy) is 1. The third-order valence-corrected chi connectivity index (χ3v) is 6.78. The Kier molecular flexibility index (Phi) is 6.26. The van der Waals surface area contributed by atoms with Gasteiger partial charge in [0, 0.05) is 11.0 Å². The van der Waals surface area contributed by atoms with Crippen molar-refractivity contribution in [2.75, 3.05) is 6.26 Å². The molecule has 1 unspecified atom stereocenters. The third-order valence-electron chi connectivity index (χ3n) is 5.05. The fraction of sp³-hybridized carbons (Fsp3) is 0.292. The number of furan rings is 1. The van der Waals surface area contributed by atoms with Crippen molar-refractivity contribution in [3.8, 4) is 0 Å². The molecule has 3 aromatic rings. The number of thioether (sulfide) groups is 1. The van der Waals surface area contributed by atoms with Gasteiger partial charge in [-0.15, -0.1) is 11.8 Å². The topological polar surface area (TPSA) is 73.8 Å². The molecule has 0 spiro atoms. The molecule has 1 aliphatic heterocycles. The number of aryl methyl sites for hydroxylation is 1. The van der Waals surface area contributed by atoms with E-state index in [1.807, 2.05) is 49.6 Å². The Balaban J connectivity index is 1.93. The lowest BCUT2D eigenvalue weighted by Gasteiger charge is -2.25. The van der Waals surface area contributed by atoms with Crippen LogP contribution in [0.3, 0.4) is 0 Å². The molecule has 8 heteroatoms. The standard InChI is InChI=1S/C24H24N2O4S2/c1-13(2)29-23(28)20-15(4)25-24-26(21(20)16-7-10-18(31-5)11-8-16)22(27)19(32-24)12-17-9-6-14(3)30-17/h6-13,21H,1-5H3/b19-12+. The molecule has 2 aromatic heterocycles. The molecule has 0 radical (unpaired) electrons. The number of hydrogen-bond donors (Lipinski definition) is 0. The lowest BCUT2D eigenvalue weighted by atomic mass is 9.96. The van der Waals surface area contributed by atoms with E-state index in [-0.39, 0.29) is 11.7 Å². The van der Waals surface area contributed by atoms with Gasteiger partial charge in [-0.2, -0.15) is 0 Å². The van der Waals surface area contributed by atoms with Gasteiger partial charge in [-0.25, -0.2) is 9.79 Å². The maximum absolute atomic E-state index is 13.5. The monoisotopic (exact) mass is 468 g/mol. The van der Waals surface area contributed by atoms with Gasteiger partial charge in [-0.1, -0.05) is 23.5 Å². The molecule has 0 aliphatic carbocycles. The summed E-state index contributed by atoms with van der Waals surface area (Å²) in [6.45, 7) is 7.24. The number of rotatable bonds is 5. The zero-order chi connectivity index (χ0) is 23.0. The summed E-state index contributed by atoms with van der Waals surface area (Å²) in [4.78, 5) is 32.8. The first-order chi connectivity index (χ1) is 15.3. The third kappa shape index (κ3) is 4.25. The summed E-state index contributed by atoms with van der Waals surface area (Å²) in [5.74, 6) is 0.908. The van der Waals surface area contributed by atoms with Crippen LogP contribution < -0.4 is 14.9 Å². The fourth-order valence-corrected chi connectivity index (χ4v) is 5.06. The van der Waals surface area contributed by atoms with Crippen LogP contribution in [0, 0.1) is 6.92 Å². The highest BCUT2D eigenvalue weighted by Crippen LogP contribution is 2.32. The quantitative estimate of drug-likeness (QED) is 0.421. The summed E-state index contributed by atoms with van der Waals surface area (Å²) < 4.78 is 13.2. The minimum Gasteiger partial charge on any atom is -0.462 e. The lowest BCUT2D eigenvalue weighted by molar-refractivity contribution is -0.143. The minimum atomic E-state index is -0.617. The number of hydrogen-bond acceptors (Lipinski definition) is 7. The zero-order valence-corrected chi connectivity index (χ0v) is 20.2. The Morgan fingerprint density at radius 2 is 1.94 bits per heavy atom. The van der Waals surface area contributed by atoms with Gasteiger partial charge in [-0.05, 0) is 63.8 Å². The first-order valence-electron chi connectivity index (χ1n) is 10.2. The average molecular weight is 469 g/mol. The second-order valence-corrected chi connectivity index (χ2v) is 9.65. The van der Waals surface area contributed by atoms with E-state index in [1.54, 1.807) is 43.2 Å². The second-order valence-electron chi connectivity index (χ2n) is 7.76. The van der Waals surface area contributed by atoms with Crippen LogP contribution in [0.4, 0.5) is 0 Å². The number of esters is 1. The lowest BCUT2D eigenvalue weighted by Crippen LogP contribution is -2.40. The molecule has 0 saturated carbocycles. The van der Waals surface area contributed by atoms with Crippen LogP contribution in [0.15, 0.2) is 66.8 Å². The molecule has 3 heterocycles. The number of fused-ring (bicyclic) bond motifs is 1. The van der Waals surface area contributed by atoms with E-state index in [0.29, 0.717) is 26.4 Å². The van der Waals surface area contributed by atoms with Gasteiger partial charge in [0.2, 0.25) is 0 Å². The molecule has 0 bridgehead atoms. The van der Waals surface area contributed by atoms with Crippen LogP contribution in [0.5, 0.6) is 0 Å². The fourth-order valence-electron chi connectivity index (χ4n) is 3.62. The van der Waals surface area contributed by atoms with Gasteiger partial charge >= 0.3 is 5.97 Å². The molecule has 1 atom stereocenters. The summed E-state index contributed by atoms with van der Waals surface area (Å²) in [5, 5.41) is 0. The Bertz CT molecular complexity index is 1370. The van der Waals surface area contributed by atoms with Gasteiger partial charge in [0.15, 0.2) is 4.80 Å². The van der Waals surface area contributed by atoms with Gasteiger partial charge in [0.1, 0.15) is 11.5 Å². The van der Waals surface area contributed by atoms with E-state index < -0.39 is 12.0 Å². The second kappa shape index (κ2) is 8.96. The van der Waals surface area contributed by atoms with Crippen LogP contribution in [0.2, 0.25) is 0 Å². The summed E-state index contributed by atoms with van der Waals surface area (Å²) in [6, 6.07) is 10.9. The molecule has 166 valence electrons. The normalized spacial score (nSPS) is 16.3. The van der Waals surface area contributed by atoms with E-state index in [2.05, 4.69) is 4.99 Å². The number of allylic oxidation sites excluding steroid dienone is 1. The summed E-state index contributed by atoms with van der Waals surface area (Å²) in [6.07, 6.45) is 3.44. The Hall–Kier alpha value is -2.84. The highest BCUT2D eigenvalue weighted by Gasteiger charge is 2.33. The SMILES string of the molecule is CSc1ccc(C2C(C(=O)OC(C)C)=C(C)N=c3s/c(=C/c4ccc(C)o4)c(=O)n32)cc1. The van der Waals surface area contributed by atoms with E-state index in [1.165, 1.54) is 11.3 Å². The summed E-state index contributed by atoms with van der Waals surface area (Å²) in [7, 11) is 0. The number of nitrogens with zero attached hydrogens (tertiary/aromatic N) is 2. The van der Waals surface area contributed by atoms with E-state index in [9.17, 15) is 9.59 Å². The van der Waals surface area contributed by atoms with E-state index in [4.69, 9.17) is 9.15 Å². The van der Waals surface area contributed by atoms with Crippen LogP contribution in [-0.2, 0) is 9.53 Å². The average Bonchev–Trinajstić information content (AvgIpc) is 3.29. The van der Waals surface area contributed by atoms with Crippen molar-refractivity contribution in [3.63, 3.8) is 0 Å². The van der Waals surface area contributed by atoms with Crippen molar-refractivity contribution in [1.29, 1.82) is 0 Å². The van der Waals surface area contributed by atoms with Crippen LogP contribution in [0.1, 0.15) is 43.9 Å². The Morgan fingerprint density at radius 1 is 1.22 bits per heavy atom. The highest BCUT2D eigenvalue weighted by molar-refractivity contribution is 7.98.